The van der Waals surface area contributed by atoms with Gasteiger partial charge in [-0.1, -0.05) is 6.92 Å². The molecule has 0 aromatic carbocycles. The van der Waals surface area contributed by atoms with Gasteiger partial charge in [-0.25, -0.2) is 13.4 Å². The lowest BCUT2D eigenvalue weighted by Crippen LogP contribution is -2.18. The Bertz CT molecular complexity index is 729. The molecule has 0 saturated heterocycles. The van der Waals surface area contributed by atoms with E-state index in [1.165, 1.54) is 11.3 Å². The zero-order chi connectivity index (χ0) is 15.5. The van der Waals surface area contributed by atoms with Crippen LogP contribution in [0.2, 0.25) is 0 Å². The van der Waals surface area contributed by atoms with Crippen molar-refractivity contribution < 1.29 is 8.42 Å². The lowest BCUT2D eigenvalue weighted by molar-refractivity contribution is 0.598. The van der Waals surface area contributed by atoms with Gasteiger partial charge in [0.05, 0.1) is 4.47 Å². The van der Waals surface area contributed by atoms with Crippen molar-refractivity contribution in [2.24, 2.45) is 0 Å². The van der Waals surface area contributed by atoms with Crippen LogP contribution in [0.25, 0.3) is 0 Å². The molecular formula is C13H16BrN3O2S2. The van der Waals surface area contributed by atoms with Crippen LogP contribution < -0.4 is 10.0 Å². The molecule has 8 heteroatoms. The first-order chi connectivity index (χ1) is 9.95. The number of nitrogens with zero attached hydrogens (tertiary/aromatic N) is 1. The molecule has 0 spiro atoms. The Hall–Kier alpha value is -0.960. The van der Waals surface area contributed by atoms with Gasteiger partial charge in [0, 0.05) is 17.6 Å². The van der Waals surface area contributed by atoms with Gasteiger partial charge in [0.2, 0.25) is 0 Å². The van der Waals surface area contributed by atoms with E-state index in [2.05, 4.69) is 31.0 Å². The summed E-state index contributed by atoms with van der Waals surface area (Å²) >= 11 is 4.74. The van der Waals surface area contributed by atoms with Crippen LogP contribution in [-0.2, 0) is 16.6 Å². The number of pyridine rings is 1. The Morgan fingerprint density at radius 1 is 1.43 bits per heavy atom. The topological polar surface area (TPSA) is 71.1 Å². The summed E-state index contributed by atoms with van der Waals surface area (Å²) in [5, 5.41) is 5.01. The molecule has 2 rings (SSSR count). The first kappa shape index (κ1) is 16.4. The molecule has 2 heterocycles. The van der Waals surface area contributed by atoms with Crippen molar-refractivity contribution in [3.63, 3.8) is 0 Å². The zero-order valence-electron chi connectivity index (χ0n) is 11.7. The third-order valence-corrected chi connectivity index (χ3v) is 6.22. The van der Waals surface area contributed by atoms with E-state index in [0.717, 1.165) is 17.0 Å². The van der Waals surface area contributed by atoms with E-state index >= 15 is 0 Å². The molecule has 0 saturated carbocycles. The predicted octanol–water partition coefficient (Wildman–Crippen LogP) is 3.12. The summed E-state index contributed by atoms with van der Waals surface area (Å²) in [5.41, 5.74) is 0.743. The molecule has 0 fully saturated rings. The van der Waals surface area contributed by atoms with Crippen molar-refractivity contribution in [3.8, 4) is 0 Å². The van der Waals surface area contributed by atoms with Gasteiger partial charge in [0.15, 0.2) is 5.82 Å². The van der Waals surface area contributed by atoms with Crippen molar-refractivity contribution in [2.45, 2.75) is 25.3 Å². The standard InChI is InChI=1S/C13H16BrN3O2S2/c1-3-15-7-11-12(9(2)8-20-11)21(18,19)17-13-10(14)5-4-6-16-13/h4-6,8,15H,3,7H2,1-2H3,(H,16,17). The normalized spacial score (nSPS) is 11.6. The lowest BCUT2D eigenvalue weighted by atomic mass is 10.3. The summed E-state index contributed by atoms with van der Waals surface area (Å²) in [7, 11) is -3.66. The second-order valence-electron chi connectivity index (χ2n) is 4.39. The number of halogens is 1. The van der Waals surface area contributed by atoms with Gasteiger partial charge >= 0.3 is 0 Å². The van der Waals surface area contributed by atoms with Crippen LogP contribution in [0.3, 0.4) is 0 Å². The largest absolute Gasteiger partial charge is 0.312 e. The van der Waals surface area contributed by atoms with Gasteiger partial charge in [-0.3, -0.25) is 4.72 Å². The van der Waals surface area contributed by atoms with E-state index in [1.54, 1.807) is 25.3 Å². The molecule has 2 aromatic heterocycles. The second kappa shape index (κ2) is 6.87. The lowest BCUT2D eigenvalue weighted by Gasteiger charge is -2.11. The maximum atomic E-state index is 12.6. The number of aryl methyl sites for hydroxylation is 1. The summed E-state index contributed by atoms with van der Waals surface area (Å²) in [6.45, 7) is 5.11. The molecule has 114 valence electrons. The first-order valence-electron chi connectivity index (χ1n) is 6.36. The highest BCUT2D eigenvalue weighted by Crippen LogP contribution is 2.29. The van der Waals surface area contributed by atoms with Crippen molar-refractivity contribution in [3.05, 3.63) is 38.6 Å². The first-order valence-corrected chi connectivity index (χ1v) is 9.52. The summed E-state index contributed by atoms with van der Waals surface area (Å²) in [4.78, 5) is 5.18. The van der Waals surface area contributed by atoms with Gasteiger partial charge < -0.3 is 5.32 Å². The van der Waals surface area contributed by atoms with E-state index in [9.17, 15) is 8.42 Å². The average molecular weight is 390 g/mol. The van der Waals surface area contributed by atoms with Crippen LogP contribution in [0, 0.1) is 6.92 Å². The Labute approximate surface area is 137 Å². The fourth-order valence-electron chi connectivity index (χ4n) is 1.85. The third-order valence-electron chi connectivity index (χ3n) is 2.78. The van der Waals surface area contributed by atoms with Gasteiger partial charge in [0.1, 0.15) is 4.90 Å². The maximum Gasteiger partial charge on any atom is 0.264 e. The van der Waals surface area contributed by atoms with Crippen molar-refractivity contribution in [2.75, 3.05) is 11.3 Å². The maximum absolute atomic E-state index is 12.6. The van der Waals surface area contributed by atoms with Gasteiger partial charge in [-0.05, 0) is 52.5 Å². The van der Waals surface area contributed by atoms with E-state index in [0.29, 0.717) is 15.9 Å². The molecule has 0 radical (unpaired) electrons. The Morgan fingerprint density at radius 2 is 2.19 bits per heavy atom. The fraction of sp³-hybridized carbons (Fsp3) is 0.308. The number of sulfonamides is 1. The number of rotatable bonds is 6. The minimum Gasteiger partial charge on any atom is -0.312 e. The number of aromatic nitrogens is 1. The number of hydrogen-bond donors (Lipinski definition) is 2. The molecule has 0 bridgehead atoms. The average Bonchev–Trinajstić information content (AvgIpc) is 2.81. The highest BCUT2D eigenvalue weighted by molar-refractivity contribution is 9.10. The Kier molecular flexibility index (Phi) is 5.37. The molecule has 0 atom stereocenters. The molecule has 21 heavy (non-hydrogen) atoms. The van der Waals surface area contributed by atoms with E-state index < -0.39 is 10.0 Å². The predicted molar refractivity (Wildman–Crippen MR) is 89.2 cm³/mol. The van der Waals surface area contributed by atoms with Crippen LogP contribution in [0.4, 0.5) is 5.82 Å². The third kappa shape index (κ3) is 3.82. The molecule has 0 unspecified atom stereocenters. The zero-order valence-corrected chi connectivity index (χ0v) is 14.9. The molecule has 0 aliphatic rings. The number of anilines is 1. The number of hydrogen-bond acceptors (Lipinski definition) is 5. The molecule has 0 aliphatic carbocycles. The second-order valence-corrected chi connectivity index (χ2v) is 7.83. The van der Waals surface area contributed by atoms with Crippen LogP contribution in [-0.4, -0.2) is 19.9 Å². The van der Waals surface area contributed by atoms with Crippen molar-refractivity contribution >= 4 is 43.1 Å². The highest BCUT2D eigenvalue weighted by atomic mass is 79.9. The molecule has 5 nitrogen and oxygen atoms in total. The SMILES string of the molecule is CCNCc1scc(C)c1S(=O)(=O)Nc1ncccc1Br. The number of thiophene rings is 1. The monoisotopic (exact) mass is 389 g/mol. The highest BCUT2D eigenvalue weighted by Gasteiger charge is 2.24. The van der Waals surface area contributed by atoms with Crippen molar-refractivity contribution in [1.82, 2.24) is 10.3 Å². The molecular weight excluding hydrogens is 374 g/mol. The van der Waals surface area contributed by atoms with Crippen LogP contribution >= 0.6 is 27.3 Å². The summed E-state index contributed by atoms with van der Waals surface area (Å²) in [6.07, 6.45) is 1.54. The smallest absolute Gasteiger partial charge is 0.264 e. The van der Waals surface area contributed by atoms with Gasteiger partial charge in [0.25, 0.3) is 10.0 Å². The molecule has 0 amide bonds. The molecule has 0 aliphatic heterocycles. The molecule has 2 N–H and O–H groups in total. The van der Waals surface area contributed by atoms with E-state index in [-0.39, 0.29) is 5.82 Å². The summed E-state index contributed by atoms with van der Waals surface area (Å²) in [5.74, 6) is 0.289. The minimum atomic E-state index is -3.66. The summed E-state index contributed by atoms with van der Waals surface area (Å²) < 4.78 is 28.4. The summed E-state index contributed by atoms with van der Waals surface area (Å²) in [6, 6.07) is 3.47. The van der Waals surface area contributed by atoms with Crippen LogP contribution in [0.5, 0.6) is 0 Å². The van der Waals surface area contributed by atoms with Crippen LogP contribution in [0.15, 0.2) is 33.1 Å². The van der Waals surface area contributed by atoms with Crippen LogP contribution in [0.1, 0.15) is 17.4 Å². The Morgan fingerprint density at radius 3 is 2.86 bits per heavy atom. The minimum absolute atomic E-state index is 0.289. The van der Waals surface area contributed by atoms with Crippen molar-refractivity contribution in [1.29, 1.82) is 0 Å². The quantitative estimate of drug-likeness (QED) is 0.795. The van der Waals surface area contributed by atoms with E-state index in [1.807, 2.05) is 12.3 Å². The number of nitrogens with one attached hydrogen (secondary N) is 2. The molecule has 2 aromatic rings. The Balaban J connectivity index is 2.36. The van der Waals surface area contributed by atoms with Gasteiger partial charge in [-0.2, -0.15) is 0 Å². The fourth-order valence-corrected chi connectivity index (χ4v) is 5.15. The van der Waals surface area contributed by atoms with E-state index in [4.69, 9.17) is 0 Å². The van der Waals surface area contributed by atoms with Gasteiger partial charge in [-0.15, -0.1) is 11.3 Å².